The maximum atomic E-state index is 13.0. The van der Waals surface area contributed by atoms with Crippen molar-refractivity contribution in [2.24, 2.45) is 0 Å². The Hall–Kier alpha value is -3.16. The number of sulfonamides is 1. The van der Waals surface area contributed by atoms with Crippen molar-refractivity contribution in [3.8, 4) is 0 Å². The number of hydrogen-bond acceptors (Lipinski definition) is 4. The normalized spacial score (nSPS) is 13.0. The number of carbonyl (C=O) groups excluding carboxylic acids is 2. The third-order valence-electron chi connectivity index (χ3n) is 5.12. The molecule has 31 heavy (non-hydrogen) atoms. The topological polar surface area (TPSA) is 83.6 Å². The van der Waals surface area contributed by atoms with Crippen LogP contribution in [0.25, 0.3) is 0 Å². The minimum Gasteiger partial charge on any atom is -0.322 e. The largest absolute Gasteiger partial charge is 0.322 e. The van der Waals surface area contributed by atoms with Crippen molar-refractivity contribution in [1.29, 1.82) is 0 Å². The summed E-state index contributed by atoms with van der Waals surface area (Å²) < 4.78 is 27.4. The predicted octanol–water partition coefficient (Wildman–Crippen LogP) is 4.55. The summed E-state index contributed by atoms with van der Waals surface area (Å²) in [6, 6.07) is 17.7. The Morgan fingerprint density at radius 2 is 1.71 bits per heavy atom. The molecule has 8 heteroatoms. The summed E-state index contributed by atoms with van der Waals surface area (Å²) in [7, 11) is -3.72. The van der Waals surface area contributed by atoms with Gasteiger partial charge in [-0.25, -0.2) is 8.42 Å². The van der Waals surface area contributed by atoms with E-state index in [-0.39, 0.29) is 16.6 Å². The molecule has 0 spiro atoms. The van der Waals surface area contributed by atoms with Crippen LogP contribution in [0.2, 0.25) is 5.02 Å². The van der Waals surface area contributed by atoms with E-state index >= 15 is 0 Å². The fraction of sp³-hybridized carbons (Fsp3) is 0.130. The zero-order chi connectivity index (χ0) is 22.2. The second-order valence-corrected chi connectivity index (χ2v) is 9.51. The van der Waals surface area contributed by atoms with E-state index in [1.165, 1.54) is 23.4 Å². The lowest BCUT2D eigenvalue weighted by Gasteiger charge is -2.19. The molecule has 0 fully saturated rings. The summed E-state index contributed by atoms with van der Waals surface area (Å²) in [5.74, 6) is -0.418. The van der Waals surface area contributed by atoms with Gasteiger partial charge >= 0.3 is 0 Å². The lowest BCUT2D eigenvalue weighted by Crippen LogP contribution is -2.29. The molecule has 1 N–H and O–H groups in total. The van der Waals surface area contributed by atoms with Gasteiger partial charge in [0.05, 0.1) is 10.6 Å². The van der Waals surface area contributed by atoms with E-state index in [9.17, 15) is 18.0 Å². The highest BCUT2D eigenvalue weighted by atomic mass is 35.5. The minimum absolute atomic E-state index is 0.0874. The lowest BCUT2D eigenvalue weighted by molar-refractivity contribution is 0.101. The van der Waals surface area contributed by atoms with E-state index in [2.05, 4.69) is 5.32 Å². The fourth-order valence-corrected chi connectivity index (χ4v) is 5.14. The van der Waals surface area contributed by atoms with Crippen LogP contribution in [0.4, 0.5) is 11.4 Å². The molecule has 0 radical (unpaired) electrons. The monoisotopic (exact) mass is 454 g/mol. The van der Waals surface area contributed by atoms with Gasteiger partial charge in [-0.3, -0.25) is 13.9 Å². The summed E-state index contributed by atoms with van der Waals surface area (Å²) in [6.07, 6.45) is 0.503. The molecule has 0 bridgehead atoms. The van der Waals surface area contributed by atoms with Crippen LogP contribution in [0.5, 0.6) is 0 Å². The van der Waals surface area contributed by atoms with E-state index in [1.54, 1.807) is 54.6 Å². The van der Waals surface area contributed by atoms with Gasteiger partial charge in [0.1, 0.15) is 0 Å². The molecule has 1 heterocycles. The Bertz CT molecular complexity index is 1290. The van der Waals surface area contributed by atoms with Crippen molar-refractivity contribution in [2.75, 3.05) is 16.2 Å². The molecule has 3 aromatic carbocycles. The summed E-state index contributed by atoms with van der Waals surface area (Å²) in [4.78, 5) is 24.4. The molecule has 6 nitrogen and oxygen atoms in total. The van der Waals surface area contributed by atoms with Crippen LogP contribution in [0.1, 0.15) is 33.2 Å². The Kier molecular flexibility index (Phi) is 5.56. The predicted molar refractivity (Wildman–Crippen MR) is 121 cm³/mol. The number of carbonyl (C=O) groups is 2. The number of anilines is 2. The van der Waals surface area contributed by atoms with E-state index in [0.717, 1.165) is 5.56 Å². The smallest absolute Gasteiger partial charge is 0.264 e. The average Bonchev–Trinajstić information content (AvgIpc) is 3.18. The Morgan fingerprint density at radius 3 is 2.42 bits per heavy atom. The third kappa shape index (κ3) is 4.19. The minimum atomic E-state index is -3.72. The first-order valence-corrected chi connectivity index (χ1v) is 11.4. The second kappa shape index (κ2) is 8.17. The number of benzene rings is 3. The van der Waals surface area contributed by atoms with Crippen LogP contribution in [-0.4, -0.2) is 26.7 Å². The highest BCUT2D eigenvalue weighted by Gasteiger charge is 2.31. The molecule has 0 saturated carbocycles. The molecular weight excluding hydrogens is 436 g/mol. The first-order chi connectivity index (χ1) is 14.8. The number of fused-ring (bicyclic) bond motifs is 1. The highest BCUT2D eigenvalue weighted by molar-refractivity contribution is 7.92. The van der Waals surface area contributed by atoms with E-state index in [0.29, 0.717) is 40.5 Å². The first-order valence-electron chi connectivity index (χ1n) is 9.59. The van der Waals surface area contributed by atoms with Crippen LogP contribution in [0, 0.1) is 0 Å². The quantitative estimate of drug-likeness (QED) is 0.573. The first kappa shape index (κ1) is 21.1. The van der Waals surface area contributed by atoms with Crippen LogP contribution in [-0.2, 0) is 16.4 Å². The maximum absolute atomic E-state index is 13.0. The molecule has 0 atom stereocenters. The Labute approximate surface area is 185 Å². The molecule has 4 rings (SSSR count). The van der Waals surface area contributed by atoms with Gasteiger partial charge in [0, 0.05) is 28.4 Å². The molecule has 0 aromatic heterocycles. The Morgan fingerprint density at radius 1 is 0.968 bits per heavy atom. The van der Waals surface area contributed by atoms with E-state index in [1.807, 2.05) is 0 Å². The number of rotatable bonds is 5. The van der Waals surface area contributed by atoms with Gasteiger partial charge in [-0.15, -0.1) is 0 Å². The molecule has 1 amide bonds. The van der Waals surface area contributed by atoms with Gasteiger partial charge in [0.25, 0.3) is 15.9 Å². The summed E-state index contributed by atoms with van der Waals surface area (Å²) in [6.45, 7) is 1.76. The van der Waals surface area contributed by atoms with Gasteiger partial charge < -0.3 is 5.32 Å². The summed E-state index contributed by atoms with van der Waals surface area (Å²) in [5.41, 5.74) is 2.78. The average molecular weight is 455 g/mol. The molecule has 0 aliphatic carbocycles. The van der Waals surface area contributed by atoms with Crippen molar-refractivity contribution in [2.45, 2.75) is 18.2 Å². The fourth-order valence-electron chi connectivity index (χ4n) is 3.52. The highest BCUT2D eigenvalue weighted by Crippen LogP contribution is 2.34. The van der Waals surface area contributed by atoms with Crippen LogP contribution < -0.4 is 9.62 Å². The van der Waals surface area contributed by atoms with E-state index < -0.39 is 10.0 Å². The lowest BCUT2D eigenvalue weighted by atomic mass is 10.1. The molecule has 1 aliphatic heterocycles. The van der Waals surface area contributed by atoms with Gasteiger partial charge in [0.15, 0.2) is 5.78 Å². The van der Waals surface area contributed by atoms with Gasteiger partial charge in [-0.05, 0) is 73.5 Å². The van der Waals surface area contributed by atoms with Crippen molar-refractivity contribution < 1.29 is 18.0 Å². The molecule has 0 saturated heterocycles. The SMILES string of the molecule is CC(=O)c1cccc(NC(=O)c2ccc3c(c2)CCN3S(=O)(=O)c2ccc(Cl)cc2)c1. The van der Waals surface area contributed by atoms with Crippen LogP contribution >= 0.6 is 11.6 Å². The molecule has 3 aromatic rings. The number of nitrogens with one attached hydrogen (secondary N) is 1. The number of ketones is 1. The van der Waals surface area contributed by atoms with Crippen molar-refractivity contribution >= 4 is 44.7 Å². The van der Waals surface area contributed by atoms with Crippen molar-refractivity contribution in [3.05, 3.63) is 88.4 Å². The van der Waals surface area contributed by atoms with Crippen molar-refractivity contribution in [1.82, 2.24) is 0 Å². The number of amides is 1. The zero-order valence-corrected chi connectivity index (χ0v) is 18.2. The molecule has 0 unspecified atom stereocenters. The zero-order valence-electron chi connectivity index (χ0n) is 16.6. The third-order valence-corrected chi connectivity index (χ3v) is 7.20. The van der Waals surface area contributed by atoms with Gasteiger partial charge in [-0.2, -0.15) is 0 Å². The van der Waals surface area contributed by atoms with Gasteiger partial charge in [0.2, 0.25) is 0 Å². The van der Waals surface area contributed by atoms with E-state index in [4.69, 9.17) is 11.6 Å². The summed E-state index contributed by atoms with van der Waals surface area (Å²) in [5, 5.41) is 3.24. The van der Waals surface area contributed by atoms with Crippen LogP contribution in [0.3, 0.4) is 0 Å². The maximum Gasteiger partial charge on any atom is 0.264 e. The summed E-state index contributed by atoms with van der Waals surface area (Å²) >= 11 is 5.87. The second-order valence-electron chi connectivity index (χ2n) is 7.22. The van der Waals surface area contributed by atoms with Crippen LogP contribution in [0.15, 0.2) is 71.6 Å². The standard InChI is InChI=1S/C23H19ClN2O4S/c1-15(27)16-3-2-4-20(14-16)25-23(28)18-5-10-22-17(13-18)11-12-26(22)31(29,30)21-8-6-19(24)7-9-21/h2-10,13-14H,11-12H2,1H3,(H,25,28). The number of nitrogens with zero attached hydrogens (tertiary/aromatic N) is 1. The van der Waals surface area contributed by atoms with Crippen molar-refractivity contribution in [3.63, 3.8) is 0 Å². The van der Waals surface area contributed by atoms with Gasteiger partial charge in [-0.1, -0.05) is 23.7 Å². The molecular formula is C23H19ClN2O4S. The number of Topliss-reactive ketones (excluding diaryl/α,β-unsaturated/α-hetero) is 1. The molecule has 1 aliphatic rings. The number of hydrogen-bond donors (Lipinski definition) is 1. The number of halogens is 1. The Balaban J connectivity index is 1.57. The molecule has 158 valence electrons.